The number of aliphatic imine (C=N–C) groups is 1. The normalized spacial score (nSPS) is 14.2. The van der Waals surface area contributed by atoms with Gasteiger partial charge in [0.2, 0.25) is 0 Å². The molecule has 1 aromatic rings. The summed E-state index contributed by atoms with van der Waals surface area (Å²) in [5.41, 5.74) is 3.89. The van der Waals surface area contributed by atoms with E-state index < -0.39 is 0 Å². The lowest BCUT2D eigenvalue weighted by molar-refractivity contribution is -0.115. The Bertz CT molecular complexity index is 779. The molecular weight excluding hydrogens is 358 g/mol. The second-order valence-corrected chi connectivity index (χ2v) is 6.98. The average Bonchev–Trinajstić information content (AvgIpc) is 2.74. The molecule has 0 N–H and O–H groups in total. The van der Waals surface area contributed by atoms with Crippen LogP contribution in [0.2, 0.25) is 0 Å². The fraction of sp³-hybridized carbons (Fsp3) is 0.385. The van der Waals surface area contributed by atoms with Crippen LogP contribution in [-0.4, -0.2) is 25.7 Å². The Morgan fingerprint density at radius 3 is 2.48 bits per heavy atom. The van der Waals surface area contributed by atoms with Crippen molar-refractivity contribution in [1.29, 1.82) is 0 Å². The molecule has 0 aliphatic carbocycles. The number of carbonyl (C=O) groups excluding carboxylic acids is 1. The molecule has 3 heteroatoms. The van der Waals surface area contributed by atoms with Crippen molar-refractivity contribution in [2.24, 2.45) is 10.9 Å². The van der Waals surface area contributed by atoms with E-state index in [-0.39, 0.29) is 11.7 Å². The van der Waals surface area contributed by atoms with E-state index in [1.165, 1.54) is 5.56 Å². The maximum atomic E-state index is 12.7. The molecule has 0 aliphatic heterocycles. The fourth-order valence-corrected chi connectivity index (χ4v) is 3.22. The van der Waals surface area contributed by atoms with E-state index in [1.54, 1.807) is 20.2 Å². The first-order valence-electron chi connectivity index (χ1n) is 10.3. The van der Waals surface area contributed by atoms with Gasteiger partial charge in [0.25, 0.3) is 0 Å². The number of rotatable bonds is 12. The number of allylic oxidation sites excluding steroid dienone is 7. The first-order chi connectivity index (χ1) is 14.0. The van der Waals surface area contributed by atoms with Crippen molar-refractivity contribution in [2.75, 3.05) is 14.2 Å². The number of hydrogen-bond acceptors (Lipinski definition) is 3. The predicted molar refractivity (Wildman–Crippen MR) is 125 cm³/mol. The molecule has 0 amide bonds. The zero-order chi connectivity index (χ0) is 21.6. The molecule has 0 aliphatic rings. The van der Waals surface area contributed by atoms with Crippen LogP contribution in [0.25, 0.3) is 0 Å². The maximum absolute atomic E-state index is 12.7. The molecule has 0 fully saturated rings. The lowest BCUT2D eigenvalue weighted by atomic mass is 9.88. The lowest BCUT2D eigenvalue weighted by Crippen LogP contribution is -2.13. The Balaban J connectivity index is 2.94. The van der Waals surface area contributed by atoms with Crippen molar-refractivity contribution in [3.63, 3.8) is 0 Å². The van der Waals surface area contributed by atoms with Crippen molar-refractivity contribution in [3.05, 3.63) is 77.9 Å². The summed E-state index contributed by atoms with van der Waals surface area (Å²) < 4.78 is 5.21. The van der Waals surface area contributed by atoms with Gasteiger partial charge < -0.3 is 4.74 Å². The Morgan fingerprint density at radius 2 is 1.97 bits per heavy atom. The number of nitrogens with zero attached hydrogens (tertiary/aromatic N) is 1. The Morgan fingerprint density at radius 1 is 1.28 bits per heavy atom. The van der Waals surface area contributed by atoms with Crippen LogP contribution in [0.1, 0.15) is 45.6 Å². The summed E-state index contributed by atoms with van der Waals surface area (Å²) in [6.45, 7) is 9.79. The number of methoxy groups -OCH3 is 1. The van der Waals surface area contributed by atoms with Crippen LogP contribution in [0.3, 0.4) is 0 Å². The van der Waals surface area contributed by atoms with Crippen LogP contribution in [0, 0.1) is 5.92 Å². The second-order valence-electron chi connectivity index (χ2n) is 6.98. The number of aryl methyl sites for hydroxylation is 1. The highest BCUT2D eigenvalue weighted by atomic mass is 16.5. The zero-order valence-electron chi connectivity index (χ0n) is 18.6. The van der Waals surface area contributed by atoms with Gasteiger partial charge in [-0.1, -0.05) is 56.9 Å². The van der Waals surface area contributed by atoms with Crippen LogP contribution >= 0.6 is 0 Å². The third-order valence-corrected chi connectivity index (χ3v) is 4.91. The molecule has 0 spiro atoms. The summed E-state index contributed by atoms with van der Waals surface area (Å²) in [6.07, 6.45) is 13.0. The van der Waals surface area contributed by atoms with E-state index in [9.17, 15) is 4.79 Å². The maximum Gasteiger partial charge on any atom is 0.158 e. The molecule has 156 valence electrons. The first kappa shape index (κ1) is 24.4. The van der Waals surface area contributed by atoms with E-state index in [2.05, 4.69) is 30.6 Å². The smallest absolute Gasteiger partial charge is 0.158 e. The Hall–Kier alpha value is -2.68. The van der Waals surface area contributed by atoms with E-state index in [0.717, 1.165) is 41.9 Å². The molecule has 1 aromatic carbocycles. The summed E-state index contributed by atoms with van der Waals surface area (Å²) in [5, 5.41) is 0. The summed E-state index contributed by atoms with van der Waals surface area (Å²) >= 11 is 0. The van der Waals surface area contributed by atoms with Gasteiger partial charge in [-0.3, -0.25) is 9.79 Å². The summed E-state index contributed by atoms with van der Waals surface area (Å²) in [4.78, 5) is 17.1. The molecule has 0 heterocycles. The molecule has 0 saturated heterocycles. The van der Waals surface area contributed by atoms with Gasteiger partial charge >= 0.3 is 0 Å². The molecule has 29 heavy (non-hydrogen) atoms. The summed E-state index contributed by atoms with van der Waals surface area (Å²) in [6, 6.07) is 8.18. The van der Waals surface area contributed by atoms with E-state index in [1.807, 2.05) is 50.3 Å². The molecule has 0 bridgehead atoms. The second kappa shape index (κ2) is 13.5. The van der Waals surface area contributed by atoms with Crippen LogP contribution in [0.4, 0.5) is 0 Å². The fourth-order valence-electron chi connectivity index (χ4n) is 3.22. The van der Waals surface area contributed by atoms with E-state index in [0.29, 0.717) is 6.42 Å². The highest BCUT2D eigenvalue weighted by Crippen LogP contribution is 2.22. The number of ketones is 1. The standard InChI is InChI=1S/C26H35NO2/c1-7-11-22(12-8-2)25(27-5)19-24(26(28)9-3)20(4)13-10-14-21-15-17-23(29-6)18-16-21/h7-8,11-12,15-20H,1,9-10,13-14H2,2-6H3/b12-8-,22-11+,24-19-,27-25?. The predicted octanol–water partition coefficient (Wildman–Crippen LogP) is 6.32. The number of carbonyl (C=O) groups is 1. The Labute approximate surface area is 176 Å². The van der Waals surface area contributed by atoms with E-state index in [4.69, 9.17) is 4.74 Å². The number of ether oxygens (including phenoxy) is 1. The highest BCUT2D eigenvalue weighted by molar-refractivity contribution is 6.14. The molecule has 1 rings (SSSR count). The van der Waals surface area contributed by atoms with Crippen molar-refractivity contribution >= 4 is 11.5 Å². The van der Waals surface area contributed by atoms with Gasteiger partial charge in [0.15, 0.2) is 5.78 Å². The average molecular weight is 394 g/mol. The van der Waals surface area contributed by atoms with E-state index >= 15 is 0 Å². The van der Waals surface area contributed by atoms with Crippen molar-refractivity contribution in [1.82, 2.24) is 0 Å². The third-order valence-electron chi connectivity index (χ3n) is 4.91. The third kappa shape index (κ3) is 8.06. The van der Waals surface area contributed by atoms with Crippen LogP contribution in [0.15, 0.2) is 77.4 Å². The highest BCUT2D eigenvalue weighted by Gasteiger charge is 2.17. The van der Waals surface area contributed by atoms with Gasteiger partial charge in [-0.2, -0.15) is 0 Å². The van der Waals surface area contributed by atoms with Crippen LogP contribution < -0.4 is 4.74 Å². The molecule has 0 radical (unpaired) electrons. The van der Waals surface area contributed by atoms with Gasteiger partial charge in [0, 0.05) is 19.0 Å². The molecular formula is C26H35NO2. The van der Waals surface area contributed by atoms with Crippen molar-refractivity contribution in [3.8, 4) is 5.75 Å². The largest absolute Gasteiger partial charge is 0.497 e. The lowest BCUT2D eigenvalue weighted by Gasteiger charge is -2.16. The quantitative estimate of drug-likeness (QED) is 0.237. The zero-order valence-corrected chi connectivity index (χ0v) is 18.6. The Kier molecular flexibility index (Phi) is 11.3. The minimum atomic E-state index is 0.174. The van der Waals surface area contributed by atoms with Gasteiger partial charge in [-0.25, -0.2) is 0 Å². The molecule has 1 atom stereocenters. The molecule has 0 saturated carbocycles. The van der Waals surface area contributed by atoms with Crippen molar-refractivity contribution < 1.29 is 9.53 Å². The monoisotopic (exact) mass is 393 g/mol. The van der Waals surface area contributed by atoms with Gasteiger partial charge in [-0.15, -0.1) is 0 Å². The minimum Gasteiger partial charge on any atom is -0.497 e. The molecule has 3 nitrogen and oxygen atoms in total. The van der Waals surface area contributed by atoms with Crippen LogP contribution in [-0.2, 0) is 11.2 Å². The molecule has 0 aromatic heterocycles. The minimum absolute atomic E-state index is 0.174. The van der Waals surface area contributed by atoms with Crippen LogP contribution in [0.5, 0.6) is 5.75 Å². The molecule has 1 unspecified atom stereocenters. The number of hydrogen-bond donors (Lipinski definition) is 0. The van der Waals surface area contributed by atoms with Crippen molar-refractivity contribution in [2.45, 2.75) is 46.5 Å². The van der Waals surface area contributed by atoms with Gasteiger partial charge in [0.05, 0.1) is 12.8 Å². The SMILES string of the molecule is C=C/C=C(\C=C/C)C(/C=C(\C(=O)CC)C(C)CCCc1ccc(OC)cc1)=NC. The number of Topliss-reactive ketones (excluding diaryl/α,β-unsaturated/α-hetero) is 1. The topological polar surface area (TPSA) is 38.7 Å². The summed E-state index contributed by atoms with van der Waals surface area (Å²) in [7, 11) is 3.43. The number of benzene rings is 1. The summed E-state index contributed by atoms with van der Waals surface area (Å²) in [5.74, 6) is 1.23. The van der Waals surface area contributed by atoms with Gasteiger partial charge in [0.1, 0.15) is 5.75 Å². The first-order valence-corrected chi connectivity index (χ1v) is 10.3. The van der Waals surface area contributed by atoms with Gasteiger partial charge in [-0.05, 0) is 61.4 Å².